The summed E-state index contributed by atoms with van der Waals surface area (Å²) in [5.74, 6) is 0. The molecule has 0 N–H and O–H groups in total. The first-order valence-electron chi connectivity index (χ1n) is 3.08. The van der Waals surface area contributed by atoms with Crippen molar-refractivity contribution >= 4 is 31.9 Å². The maximum Gasteiger partial charge on any atom is 0.145 e. The molecule has 0 heterocycles. The van der Waals surface area contributed by atoms with Crippen LogP contribution in [0.15, 0.2) is 11.6 Å². The van der Waals surface area contributed by atoms with Gasteiger partial charge in [0.1, 0.15) is 5.67 Å². The summed E-state index contributed by atoms with van der Waals surface area (Å²) < 4.78 is 12.8. The zero-order valence-corrected chi connectivity index (χ0v) is 9.09. The highest BCUT2D eigenvalue weighted by Gasteiger charge is 2.52. The molecule has 0 aromatic rings. The van der Waals surface area contributed by atoms with Gasteiger partial charge in [-0.05, 0) is 25.5 Å². The fraction of sp³-hybridized carbons (Fsp3) is 0.714. The van der Waals surface area contributed by atoms with Crippen molar-refractivity contribution in [3.8, 4) is 0 Å². The molecule has 10 heavy (non-hydrogen) atoms. The maximum atomic E-state index is 13.3. The predicted molar refractivity (Wildman–Crippen MR) is 48.7 cm³/mol. The fourth-order valence-corrected chi connectivity index (χ4v) is 2.47. The Morgan fingerprint density at radius 1 is 1.60 bits per heavy atom. The maximum absolute atomic E-state index is 13.3. The van der Waals surface area contributed by atoms with Crippen LogP contribution >= 0.6 is 31.9 Å². The van der Waals surface area contributed by atoms with Crippen molar-refractivity contribution in [3.05, 3.63) is 11.6 Å². The van der Waals surface area contributed by atoms with E-state index in [-0.39, 0.29) is 0 Å². The lowest BCUT2D eigenvalue weighted by atomic mass is 9.75. The first-order valence-corrected chi connectivity index (χ1v) is 4.99. The molecule has 1 aliphatic rings. The highest BCUT2D eigenvalue weighted by Crippen LogP contribution is 2.50. The lowest BCUT2D eigenvalue weighted by Gasteiger charge is -2.44. The number of halogens is 3. The SMILES string of the molecule is CC1(F)C=C(CBr)[C@]1(C)Br. The molecule has 0 saturated carbocycles. The van der Waals surface area contributed by atoms with E-state index in [1.165, 1.54) is 0 Å². The number of hydrogen-bond donors (Lipinski definition) is 0. The van der Waals surface area contributed by atoms with Crippen LogP contribution in [0, 0.1) is 0 Å². The monoisotopic (exact) mass is 270 g/mol. The molecule has 1 rings (SSSR count). The third kappa shape index (κ3) is 0.981. The van der Waals surface area contributed by atoms with Gasteiger partial charge < -0.3 is 0 Å². The zero-order valence-electron chi connectivity index (χ0n) is 5.92. The second-order valence-corrected chi connectivity index (χ2v) is 5.03. The number of alkyl halides is 3. The van der Waals surface area contributed by atoms with Crippen LogP contribution in [-0.2, 0) is 0 Å². The molecule has 0 aromatic heterocycles. The molecule has 0 amide bonds. The van der Waals surface area contributed by atoms with Gasteiger partial charge in [-0.3, -0.25) is 0 Å². The van der Waals surface area contributed by atoms with Gasteiger partial charge in [-0.25, -0.2) is 4.39 Å². The largest absolute Gasteiger partial charge is 0.238 e. The summed E-state index contributed by atoms with van der Waals surface area (Å²) in [5, 5.41) is 0.744. The predicted octanol–water partition coefficient (Wildman–Crippen LogP) is 3.20. The third-order valence-corrected chi connectivity index (χ3v) is 4.00. The van der Waals surface area contributed by atoms with Gasteiger partial charge >= 0.3 is 0 Å². The molecule has 1 unspecified atom stereocenters. The summed E-state index contributed by atoms with van der Waals surface area (Å²) in [6.45, 7) is 3.43. The van der Waals surface area contributed by atoms with Crippen LogP contribution in [0.25, 0.3) is 0 Å². The van der Waals surface area contributed by atoms with Gasteiger partial charge in [-0.1, -0.05) is 31.9 Å². The smallest absolute Gasteiger partial charge is 0.145 e. The molecule has 0 fully saturated rings. The van der Waals surface area contributed by atoms with Gasteiger partial charge in [0.05, 0.1) is 4.32 Å². The van der Waals surface area contributed by atoms with E-state index in [9.17, 15) is 4.39 Å². The fourth-order valence-electron chi connectivity index (χ4n) is 0.999. The van der Waals surface area contributed by atoms with Crippen LogP contribution in [0.3, 0.4) is 0 Å². The van der Waals surface area contributed by atoms with Crippen molar-refractivity contribution in [3.63, 3.8) is 0 Å². The summed E-state index contributed by atoms with van der Waals surface area (Å²) in [5.41, 5.74) is -0.103. The Hall–Kier alpha value is 0.630. The second-order valence-electron chi connectivity index (χ2n) is 2.88. The summed E-state index contributed by atoms with van der Waals surface area (Å²) in [4.78, 5) is 0. The molecule has 0 bridgehead atoms. The minimum absolute atomic E-state index is 0.455. The van der Waals surface area contributed by atoms with Gasteiger partial charge in [-0.2, -0.15) is 0 Å². The van der Waals surface area contributed by atoms with Gasteiger partial charge in [0.25, 0.3) is 0 Å². The highest BCUT2D eigenvalue weighted by molar-refractivity contribution is 9.10. The van der Waals surface area contributed by atoms with E-state index < -0.39 is 9.99 Å². The van der Waals surface area contributed by atoms with Crippen molar-refractivity contribution in [2.45, 2.75) is 23.8 Å². The number of allylic oxidation sites excluding steroid dienone is 2. The first-order chi connectivity index (χ1) is 4.42. The van der Waals surface area contributed by atoms with Crippen LogP contribution in [-0.4, -0.2) is 15.3 Å². The average molecular weight is 272 g/mol. The Morgan fingerprint density at radius 3 is 2.20 bits per heavy atom. The van der Waals surface area contributed by atoms with Crippen LogP contribution < -0.4 is 0 Å². The van der Waals surface area contributed by atoms with Crippen LogP contribution in [0.4, 0.5) is 4.39 Å². The topological polar surface area (TPSA) is 0 Å². The Balaban J connectivity index is 2.87. The Morgan fingerprint density at radius 2 is 2.10 bits per heavy atom. The second kappa shape index (κ2) is 2.31. The van der Waals surface area contributed by atoms with E-state index in [0.717, 1.165) is 10.9 Å². The van der Waals surface area contributed by atoms with Gasteiger partial charge in [0.15, 0.2) is 0 Å². The molecule has 0 saturated heterocycles. The Labute approximate surface area is 77.1 Å². The minimum Gasteiger partial charge on any atom is -0.238 e. The van der Waals surface area contributed by atoms with E-state index in [0.29, 0.717) is 0 Å². The van der Waals surface area contributed by atoms with E-state index in [1.807, 2.05) is 6.92 Å². The lowest BCUT2D eigenvalue weighted by Crippen LogP contribution is -2.50. The standard InChI is InChI=1S/C7H9Br2F/c1-6(10)3-5(4-8)7(6,2)9/h3H,4H2,1-2H3/t6?,7-/m0/s1. The number of hydrogen-bond acceptors (Lipinski definition) is 0. The molecular weight excluding hydrogens is 263 g/mol. The van der Waals surface area contributed by atoms with Gasteiger partial charge in [0.2, 0.25) is 0 Å². The molecule has 0 radical (unpaired) electrons. The Kier molecular flexibility index (Phi) is 2.01. The molecule has 0 spiro atoms. The normalized spacial score (nSPS) is 46.3. The molecular formula is C7H9Br2F. The first kappa shape index (κ1) is 8.72. The van der Waals surface area contributed by atoms with E-state index in [2.05, 4.69) is 31.9 Å². The van der Waals surface area contributed by atoms with Crippen molar-refractivity contribution in [2.24, 2.45) is 0 Å². The van der Waals surface area contributed by atoms with Gasteiger partial charge in [-0.15, -0.1) is 0 Å². The summed E-state index contributed by atoms with van der Waals surface area (Å²) in [6.07, 6.45) is 1.65. The van der Waals surface area contributed by atoms with E-state index in [4.69, 9.17) is 0 Å². The molecule has 2 atom stereocenters. The molecule has 0 aromatic carbocycles. The van der Waals surface area contributed by atoms with Crippen molar-refractivity contribution < 1.29 is 4.39 Å². The summed E-state index contributed by atoms with van der Waals surface area (Å²) in [7, 11) is 0. The number of rotatable bonds is 1. The van der Waals surface area contributed by atoms with Gasteiger partial charge in [0, 0.05) is 5.33 Å². The van der Waals surface area contributed by atoms with Crippen molar-refractivity contribution in [1.29, 1.82) is 0 Å². The van der Waals surface area contributed by atoms with Crippen molar-refractivity contribution in [2.75, 3.05) is 5.33 Å². The zero-order chi connectivity index (χ0) is 7.99. The summed E-state index contributed by atoms with van der Waals surface area (Å²) >= 11 is 6.63. The van der Waals surface area contributed by atoms with E-state index in [1.54, 1.807) is 13.0 Å². The third-order valence-electron chi connectivity index (χ3n) is 2.11. The molecule has 58 valence electrons. The van der Waals surface area contributed by atoms with Crippen LogP contribution in [0.5, 0.6) is 0 Å². The van der Waals surface area contributed by atoms with Crippen LogP contribution in [0.1, 0.15) is 13.8 Å². The van der Waals surface area contributed by atoms with Crippen molar-refractivity contribution in [1.82, 2.24) is 0 Å². The Bertz CT molecular complexity index is 182. The van der Waals surface area contributed by atoms with E-state index >= 15 is 0 Å². The quantitative estimate of drug-likeness (QED) is 0.508. The molecule has 0 aliphatic heterocycles. The highest BCUT2D eigenvalue weighted by atomic mass is 79.9. The lowest BCUT2D eigenvalue weighted by molar-refractivity contribution is 0.189. The molecule has 0 nitrogen and oxygen atoms in total. The average Bonchev–Trinajstić information content (AvgIpc) is 1.83. The molecule has 3 heteroatoms. The van der Waals surface area contributed by atoms with Crippen LogP contribution in [0.2, 0.25) is 0 Å². The molecule has 1 aliphatic carbocycles. The summed E-state index contributed by atoms with van der Waals surface area (Å²) in [6, 6.07) is 0. The minimum atomic E-state index is -1.18.